The monoisotopic (exact) mass is 262 g/mol. The summed E-state index contributed by atoms with van der Waals surface area (Å²) in [5, 5.41) is 0. The number of anilines is 1. The molecule has 0 aromatic heterocycles. The van der Waals surface area contributed by atoms with Gasteiger partial charge in [-0.2, -0.15) is 0 Å². The number of hydrogen-bond acceptors (Lipinski definition) is 3. The number of nitrogens with zero attached hydrogens (tertiary/aromatic N) is 1. The number of ether oxygens (including phenoxy) is 1. The molecular weight excluding hydrogens is 240 g/mol. The summed E-state index contributed by atoms with van der Waals surface area (Å²) in [5.41, 5.74) is 6.88. The van der Waals surface area contributed by atoms with Crippen LogP contribution in [0.15, 0.2) is 18.2 Å². The summed E-state index contributed by atoms with van der Waals surface area (Å²) in [7, 11) is 3.42. The minimum Gasteiger partial charge on any atom is -0.496 e. The summed E-state index contributed by atoms with van der Waals surface area (Å²) in [4.78, 5) is 14.2. The van der Waals surface area contributed by atoms with Crippen molar-refractivity contribution in [3.05, 3.63) is 23.8 Å². The van der Waals surface area contributed by atoms with Gasteiger partial charge >= 0.3 is 0 Å². The quantitative estimate of drug-likeness (QED) is 0.848. The van der Waals surface area contributed by atoms with E-state index in [4.69, 9.17) is 10.5 Å². The first-order chi connectivity index (χ1) is 9.11. The van der Waals surface area contributed by atoms with Crippen molar-refractivity contribution in [2.24, 2.45) is 5.92 Å². The highest BCUT2D eigenvalue weighted by Gasteiger charge is 2.22. The summed E-state index contributed by atoms with van der Waals surface area (Å²) in [5.74, 6) is 1.20. The third-order valence-electron chi connectivity index (χ3n) is 3.81. The molecule has 1 amide bonds. The first-order valence-corrected chi connectivity index (χ1v) is 6.80. The summed E-state index contributed by atoms with van der Waals surface area (Å²) in [6, 6.07) is 5.17. The molecule has 0 bridgehead atoms. The molecule has 2 rings (SSSR count). The number of carbonyl (C=O) groups excluding carboxylic acids is 1. The smallest absolute Gasteiger partial charge is 0.257 e. The molecule has 0 unspecified atom stereocenters. The Balaban J connectivity index is 2.11. The number of hydrogen-bond donors (Lipinski definition) is 1. The highest BCUT2D eigenvalue weighted by atomic mass is 16.5. The molecule has 1 saturated carbocycles. The Morgan fingerprint density at radius 1 is 1.42 bits per heavy atom. The van der Waals surface area contributed by atoms with Crippen LogP contribution in [0.25, 0.3) is 0 Å². The number of amides is 1. The Morgan fingerprint density at radius 3 is 2.74 bits per heavy atom. The number of nitrogens with two attached hydrogens (primary N) is 1. The van der Waals surface area contributed by atoms with Crippen molar-refractivity contribution in [1.82, 2.24) is 4.90 Å². The predicted molar refractivity (Wildman–Crippen MR) is 76.3 cm³/mol. The van der Waals surface area contributed by atoms with E-state index in [1.165, 1.54) is 25.7 Å². The zero-order chi connectivity index (χ0) is 13.8. The molecule has 104 valence electrons. The van der Waals surface area contributed by atoms with E-state index < -0.39 is 0 Å². The van der Waals surface area contributed by atoms with Crippen molar-refractivity contribution in [1.29, 1.82) is 0 Å². The lowest BCUT2D eigenvalue weighted by Gasteiger charge is -2.22. The standard InChI is InChI=1S/C15H22N2O2/c1-17(10-11-5-3-4-6-11)15(18)13-9-12(16)7-8-14(13)19-2/h7-9,11H,3-6,10,16H2,1-2H3. The van der Waals surface area contributed by atoms with Gasteiger partial charge in [0.25, 0.3) is 5.91 Å². The molecule has 1 fully saturated rings. The molecular formula is C15H22N2O2. The first kappa shape index (κ1) is 13.7. The van der Waals surface area contributed by atoms with Crippen LogP contribution in [0.1, 0.15) is 36.0 Å². The van der Waals surface area contributed by atoms with Crippen LogP contribution in [0.2, 0.25) is 0 Å². The maximum atomic E-state index is 12.5. The van der Waals surface area contributed by atoms with Gasteiger partial charge in [0.2, 0.25) is 0 Å². The minimum atomic E-state index is -0.0175. The van der Waals surface area contributed by atoms with E-state index in [-0.39, 0.29) is 5.91 Å². The summed E-state index contributed by atoms with van der Waals surface area (Å²) < 4.78 is 5.24. The second-order valence-electron chi connectivity index (χ2n) is 5.30. The van der Waals surface area contributed by atoms with Gasteiger partial charge in [-0.3, -0.25) is 4.79 Å². The van der Waals surface area contributed by atoms with Crippen LogP contribution in [0.5, 0.6) is 5.75 Å². The summed E-state index contributed by atoms with van der Waals surface area (Å²) in [6.07, 6.45) is 5.03. The van der Waals surface area contributed by atoms with Gasteiger partial charge < -0.3 is 15.4 Å². The maximum Gasteiger partial charge on any atom is 0.257 e. The molecule has 19 heavy (non-hydrogen) atoms. The summed E-state index contributed by atoms with van der Waals surface area (Å²) >= 11 is 0. The van der Waals surface area contributed by atoms with E-state index in [1.807, 2.05) is 7.05 Å². The average Bonchev–Trinajstić information content (AvgIpc) is 2.90. The lowest BCUT2D eigenvalue weighted by Crippen LogP contribution is -2.31. The zero-order valence-electron chi connectivity index (χ0n) is 11.7. The van der Waals surface area contributed by atoms with Crippen molar-refractivity contribution in [2.75, 3.05) is 26.4 Å². The van der Waals surface area contributed by atoms with Crippen molar-refractivity contribution in [3.8, 4) is 5.75 Å². The zero-order valence-corrected chi connectivity index (χ0v) is 11.7. The second-order valence-corrected chi connectivity index (χ2v) is 5.30. The molecule has 0 aliphatic heterocycles. The number of carbonyl (C=O) groups is 1. The van der Waals surface area contributed by atoms with Gasteiger partial charge in [-0.15, -0.1) is 0 Å². The van der Waals surface area contributed by atoms with Gasteiger partial charge in [-0.25, -0.2) is 0 Å². The van der Waals surface area contributed by atoms with Crippen LogP contribution in [0, 0.1) is 5.92 Å². The summed E-state index contributed by atoms with van der Waals surface area (Å²) in [6.45, 7) is 0.816. The molecule has 1 aliphatic rings. The molecule has 2 N–H and O–H groups in total. The van der Waals surface area contributed by atoms with Crippen LogP contribution in [-0.2, 0) is 0 Å². The first-order valence-electron chi connectivity index (χ1n) is 6.80. The van der Waals surface area contributed by atoms with E-state index in [1.54, 1.807) is 30.2 Å². The molecule has 1 aromatic carbocycles. The molecule has 0 radical (unpaired) electrons. The van der Waals surface area contributed by atoms with Crippen molar-refractivity contribution >= 4 is 11.6 Å². The Kier molecular flexibility index (Phi) is 4.30. The molecule has 0 heterocycles. The lowest BCUT2D eigenvalue weighted by molar-refractivity contribution is 0.0770. The SMILES string of the molecule is COc1ccc(N)cc1C(=O)N(C)CC1CCCC1. The molecule has 1 aliphatic carbocycles. The van der Waals surface area contributed by atoms with Crippen LogP contribution >= 0.6 is 0 Å². The Bertz CT molecular complexity index is 453. The van der Waals surface area contributed by atoms with Crippen LogP contribution in [0.3, 0.4) is 0 Å². The van der Waals surface area contributed by atoms with E-state index >= 15 is 0 Å². The van der Waals surface area contributed by atoms with Crippen LogP contribution < -0.4 is 10.5 Å². The van der Waals surface area contributed by atoms with Crippen molar-refractivity contribution in [3.63, 3.8) is 0 Å². The van der Waals surface area contributed by atoms with E-state index in [9.17, 15) is 4.79 Å². The Hall–Kier alpha value is -1.71. The van der Waals surface area contributed by atoms with Crippen LogP contribution in [0.4, 0.5) is 5.69 Å². The molecule has 0 atom stereocenters. The van der Waals surface area contributed by atoms with E-state index in [0.29, 0.717) is 22.9 Å². The van der Waals surface area contributed by atoms with Crippen molar-refractivity contribution in [2.45, 2.75) is 25.7 Å². The molecule has 1 aromatic rings. The second kappa shape index (κ2) is 5.95. The fourth-order valence-electron chi connectivity index (χ4n) is 2.76. The Morgan fingerprint density at radius 2 is 2.11 bits per heavy atom. The minimum absolute atomic E-state index is 0.0175. The number of nitrogen functional groups attached to an aromatic ring is 1. The molecule has 4 nitrogen and oxygen atoms in total. The third kappa shape index (κ3) is 3.19. The number of methoxy groups -OCH3 is 1. The van der Waals surface area contributed by atoms with Crippen LogP contribution in [-0.4, -0.2) is 31.5 Å². The lowest BCUT2D eigenvalue weighted by atomic mass is 10.1. The van der Waals surface area contributed by atoms with Gasteiger partial charge in [-0.1, -0.05) is 12.8 Å². The maximum absolute atomic E-state index is 12.5. The molecule has 4 heteroatoms. The molecule has 0 saturated heterocycles. The van der Waals surface area contributed by atoms with Crippen molar-refractivity contribution < 1.29 is 9.53 Å². The third-order valence-corrected chi connectivity index (χ3v) is 3.81. The van der Waals surface area contributed by atoms with Gasteiger partial charge in [0, 0.05) is 19.3 Å². The average molecular weight is 262 g/mol. The topological polar surface area (TPSA) is 55.6 Å². The van der Waals surface area contributed by atoms with Gasteiger partial charge in [0.1, 0.15) is 5.75 Å². The predicted octanol–water partition coefficient (Wildman–Crippen LogP) is 2.54. The van der Waals surface area contributed by atoms with Gasteiger partial charge in [-0.05, 0) is 37.0 Å². The largest absolute Gasteiger partial charge is 0.496 e. The molecule has 0 spiro atoms. The highest BCUT2D eigenvalue weighted by Crippen LogP contribution is 2.27. The normalized spacial score (nSPS) is 15.5. The van der Waals surface area contributed by atoms with Gasteiger partial charge in [0.05, 0.1) is 12.7 Å². The van der Waals surface area contributed by atoms with E-state index in [0.717, 1.165) is 6.54 Å². The van der Waals surface area contributed by atoms with E-state index in [2.05, 4.69) is 0 Å². The number of rotatable bonds is 4. The fourth-order valence-corrected chi connectivity index (χ4v) is 2.76. The Labute approximate surface area is 114 Å². The fraction of sp³-hybridized carbons (Fsp3) is 0.533. The van der Waals surface area contributed by atoms with Gasteiger partial charge in [0.15, 0.2) is 0 Å². The number of benzene rings is 1. The highest BCUT2D eigenvalue weighted by molar-refractivity contribution is 5.97.